The summed E-state index contributed by atoms with van der Waals surface area (Å²) in [6, 6.07) is -0.484. The van der Waals surface area contributed by atoms with E-state index in [9.17, 15) is 9.59 Å². The molecule has 19 heavy (non-hydrogen) atoms. The zero-order chi connectivity index (χ0) is 14.5. The Hall–Kier alpha value is -1.06. The number of unbranched alkanes of at least 4 members (excludes halogenated alkanes) is 7. The highest BCUT2D eigenvalue weighted by Crippen LogP contribution is 2.11. The Bertz CT molecular complexity index is 254. The van der Waals surface area contributed by atoms with Crippen LogP contribution in [-0.2, 0) is 14.3 Å². The molecule has 1 atom stereocenters. The Morgan fingerprint density at radius 2 is 1.53 bits per heavy atom. The molecule has 0 radical (unpaired) electrons. The van der Waals surface area contributed by atoms with Gasteiger partial charge in [-0.25, -0.2) is 4.79 Å². The van der Waals surface area contributed by atoms with Crippen molar-refractivity contribution in [1.82, 2.24) is 5.32 Å². The zero-order valence-electron chi connectivity index (χ0n) is 12.7. The Kier molecular flexibility index (Phi) is 11.3. The number of carbonyl (C=O) groups is 2. The third kappa shape index (κ3) is 10.5. The summed E-state index contributed by atoms with van der Waals surface area (Å²) in [5.74, 6) is -0.534. The van der Waals surface area contributed by atoms with Gasteiger partial charge in [0, 0.05) is 6.92 Å². The molecule has 0 saturated heterocycles. The van der Waals surface area contributed by atoms with E-state index in [1.807, 2.05) is 0 Å². The Morgan fingerprint density at radius 1 is 1.00 bits per heavy atom. The number of amides is 1. The minimum Gasteiger partial charge on any atom is -0.467 e. The van der Waals surface area contributed by atoms with E-state index < -0.39 is 6.04 Å². The van der Waals surface area contributed by atoms with Gasteiger partial charge < -0.3 is 10.1 Å². The molecule has 0 aromatic rings. The summed E-state index contributed by atoms with van der Waals surface area (Å²) in [5.41, 5.74) is 0. The molecule has 0 aliphatic rings. The van der Waals surface area contributed by atoms with Gasteiger partial charge >= 0.3 is 5.97 Å². The van der Waals surface area contributed by atoms with Crippen molar-refractivity contribution in [1.29, 1.82) is 0 Å². The maximum atomic E-state index is 11.4. The minimum absolute atomic E-state index is 0.185. The predicted octanol–water partition coefficient (Wildman–Crippen LogP) is 3.19. The molecular weight excluding hydrogens is 242 g/mol. The Labute approximate surface area is 117 Å². The van der Waals surface area contributed by atoms with E-state index >= 15 is 0 Å². The fourth-order valence-electron chi connectivity index (χ4n) is 2.12. The van der Waals surface area contributed by atoms with Crippen molar-refractivity contribution in [2.24, 2.45) is 0 Å². The van der Waals surface area contributed by atoms with Crippen molar-refractivity contribution >= 4 is 11.9 Å². The summed E-state index contributed by atoms with van der Waals surface area (Å²) in [6.45, 7) is 3.64. The van der Waals surface area contributed by atoms with Gasteiger partial charge in [-0.15, -0.1) is 0 Å². The van der Waals surface area contributed by atoms with Crippen LogP contribution in [0.2, 0.25) is 0 Å². The first-order valence-electron chi connectivity index (χ1n) is 7.46. The van der Waals surface area contributed by atoms with Gasteiger partial charge in [-0.05, 0) is 6.42 Å². The minimum atomic E-state index is -0.484. The molecule has 4 heteroatoms. The molecule has 0 aliphatic heterocycles. The van der Waals surface area contributed by atoms with Crippen LogP contribution in [0.25, 0.3) is 0 Å². The van der Waals surface area contributed by atoms with Crippen molar-refractivity contribution in [2.45, 2.75) is 77.7 Å². The third-order valence-corrected chi connectivity index (χ3v) is 3.21. The summed E-state index contributed by atoms with van der Waals surface area (Å²) in [7, 11) is 1.35. The van der Waals surface area contributed by atoms with Crippen molar-refractivity contribution in [3.63, 3.8) is 0 Å². The molecule has 112 valence electrons. The van der Waals surface area contributed by atoms with E-state index in [4.69, 9.17) is 0 Å². The highest BCUT2D eigenvalue weighted by molar-refractivity contribution is 5.83. The first-order valence-corrected chi connectivity index (χ1v) is 7.46. The second-order valence-corrected chi connectivity index (χ2v) is 5.04. The smallest absolute Gasteiger partial charge is 0.328 e. The van der Waals surface area contributed by atoms with Crippen LogP contribution in [0.4, 0.5) is 0 Å². The van der Waals surface area contributed by atoms with Crippen LogP contribution in [0.1, 0.15) is 71.6 Å². The number of ether oxygens (including phenoxy) is 1. The van der Waals surface area contributed by atoms with E-state index in [-0.39, 0.29) is 11.9 Å². The summed E-state index contributed by atoms with van der Waals surface area (Å²) in [5, 5.41) is 2.64. The number of methoxy groups -OCH3 is 1. The molecule has 1 amide bonds. The van der Waals surface area contributed by atoms with E-state index in [1.165, 1.54) is 52.6 Å². The monoisotopic (exact) mass is 271 g/mol. The van der Waals surface area contributed by atoms with Crippen molar-refractivity contribution in [2.75, 3.05) is 7.11 Å². The van der Waals surface area contributed by atoms with E-state index in [0.717, 1.165) is 12.8 Å². The maximum Gasteiger partial charge on any atom is 0.328 e. The molecule has 0 saturated carbocycles. The van der Waals surface area contributed by atoms with Gasteiger partial charge in [-0.3, -0.25) is 4.79 Å². The van der Waals surface area contributed by atoms with Crippen LogP contribution < -0.4 is 5.32 Å². The van der Waals surface area contributed by atoms with Crippen LogP contribution in [0.15, 0.2) is 0 Å². The lowest BCUT2D eigenvalue weighted by atomic mass is 10.0. The summed E-state index contributed by atoms with van der Waals surface area (Å²) >= 11 is 0. The molecule has 4 nitrogen and oxygen atoms in total. The maximum absolute atomic E-state index is 11.4. The van der Waals surface area contributed by atoms with Gasteiger partial charge in [0.25, 0.3) is 0 Å². The van der Waals surface area contributed by atoms with Crippen LogP contribution in [0, 0.1) is 0 Å². The van der Waals surface area contributed by atoms with Gasteiger partial charge in [-0.1, -0.05) is 58.3 Å². The second-order valence-electron chi connectivity index (χ2n) is 5.04. The topological polar surface area (TPSA) is 55.4 Å². The average Bonchev–Trinajstić information content (AvgIpc) is 2.39. The summed E-state index contributed by atoms with van der Waals surface area (Å²) in [6.07, 6.45) is 10.4. The number of rotatable bonds is 11. The molecule has 0 fully saturated rings. The number of esters is 1. The fourth-order valence-corrected chi connectivity index (χ4v) is 2.12. The van der Waals surface area contributed by atoms with Gasteiger partial charge in [-0.2, -0.15) is 0 Å². The highest BCUT2D eigenvalue weighted by Gasteiger charge is 2.18. The second kappa shape index (κ2) is 12.0. The van der Waals surface area contributed by atoms with Crippen LogP contribution >= 0.6 is 0 Å². The summed E-state index contributed by atoms with van der Waals surface area (Å²) < 4.78 is 4.68. The number of hydrogen-bond donors (Lipinski definition) is 1. The lowest BCUT2D eigenvalue weighted by Gasteiger charge is -2.15. The van der Waals surface area contributed by atoms with Crippen LogP contribution in [0.3, 0.4) is 0 Å². The molecule has 0 aliphatic carbocycles. The molecule has 0 unspecified atom stereocenters. The molecule has 0 rings (SSSR count). The number of nitrogens with one attached hydrogen (secondary N) is 1. The molecule has 0 bridgehead atoms. The van der Waals surface area contributed by atoms with E-state index in [1.54, 1.807) is 0 Å². The summed E-state index contributed by atoms with van der Waals surface area (Å²) in [4.78, 5) is 22.4. The van der Waals surface area contributed by atoms with Gasteiger partial charge in [0.2, 0.25) is 5.91 Å². The molecular formula is C15H29NO3. The van der Waals surface area contributed by atoms with Crippen molar-refractivity contribution in [3.8, 4) is 0 Å². The quantitative estimate of drug-likeness (QED) is 0.464. The standard InChI is InChI=1S/C15H29NO3/c1-4-5-6-7-8-9-10-11-12-14(15(18)19-3)16-13(2)17/h14H,4-12H2,1-3H3,(H,16,17)/t14-/m1/s1. The van der Waals surface area contributed by atoms with Crippen LogP contribution in [0.5, 0.6) is 0 Å². The Balaban J connectivity index is 3.63. The van der Waals surface area contributed by atoms with Crippen LogP contribution in [-0.4, -0.2) is 25.0 Å². The first-order chi connectivity index (χ1) is 9.11. The molecule has 1 N–H and O–H groups in total. The lowest BCUT2D eigenvalue weighted by molar-refractivity contribution is -0.145. The van der Waals surface area contributed by atoms with E-state index in [0.29, 0.717) is 6.42 Å². The zero-order valence-corrected chi connectivity index (χ0v) is 12.7. The van der Waals surface area contributed by atoms with Gasteiger partial charge in [0.15, 0.2) is 0 Å². The normalized spacial score (nSPS) is 11.9. The number of hydrogen-bond acceptors (Lipinski definition) is 3. The third-order valence-electron chi connectivity index (χ3n) is 3.21. The number of carbonyl (C=O) groups excluding carboxylic acids is 2. The van der Waals surface area contributed by atoms with Gasteiger partial charge in [0.05, 0.1) is 7.11 Å². The molecule has 0 spiro atoms. The molecule has 0 heterocycles. The lowest BCUT2D eigenvalue weighted by Crippen LogP contribution is -2.40. The fraction of sp³-hybridized carbons (Fsp3) is 0.867. The molecule has 0 aromatic heterocycles. The van der Waals surface area contributed by atoms with Crippen molar-refractivity contribution in [3.05, 3.63) is 0 Å². The SMILES string of the molecule is CCCCCCCCCC[C@@H](NC(C)=O)C(=O)OC. The largest absolute Gasteiger partial charge is 0.467 e. The van der Waals surface area contributed by atoms with E-state index in [2.05, 4.69) is 17.0 Å². The van der Waals surface area contributed by atoms with Gasteiger partial charge in [0.1, 0.15) is 6.04 Å². The molecule has 0 aromatic carbocycles. The highest BCUT2D eigenvalue weighted by atomic mass is 16.5. The average molecular weight is 271 g/mol. The Morgan fingerprint density at radius 3 is 2.00 bits per heavy atom. The van der Waals surface area contributed by atoms with Crippen molar-refractivity contribution < 1.29 is 14.3 Å². The predicted molar refractivity (Wildman–Crippen MR) is 76.8 cm³/mol. The first kappa shape index (κ1) is 17.9.